The van der Waals surface area contributed by atoms with E-state index in [-0.39, 0.29) is 11.9 Å². The Labute approximate surface area is 110 Å². The van der Waals surface area contributed by atoms with Gasteiger partial charge in [0.05, 0.1) is 6.10 Å². The average molecular weight is 261 g/mol. The Morgan fingerprint density at radius 2 is 2.21 bits per heavy atom. The van der Waals surface area contributed by atoms with E-state index >= 15 is 0 Å². The van der Waals surface area contributed by atoms with Crippen LogP contribution < -0.4 is 0 Å². The van der Waals surface area contributed by atoms with Gasteiger partial charge in [-0.25, -0.2) is 14.5 Å². The fraction of sp³-hybridized carbons (Fsp3) is 0.308. The summed E-state index contributed by atoms with van der Waals surface area (Å²) >= 11 is 0. The van der Waals surface area contributed by atoms with E-state index in [0.717, 1.165) is 11.1 Å². The van der Waals surface area contributed by atoms with Crippen LogP contribution in [0.15, 0.2) is 24.3 Å². The van der Waals surface area contributed by atoms with E-state index in [1.807, 2.05) is 31.2 Å². The highest BCUT2D eigenvalue weighted by molar-refractivity contribution is 5.83. The third kappa shape index (κ3) is 2.63. The van der Waals surface area contributed by atoms with E-state index in [1.54, 1.807) is 14.2 Å². The second-order valence-electron chi connectivity index (χ2n) is 4.19. The van der Waals surface area contributed by atoms with Crippen LogP contribution in [0, 0.1) is 0 Å². The molecule has 0 bridgehead atoms. The first-order chi connectivity index (χ1) is 9.02. The Morgan fingerprint density at radius 3 is 2.79 bits per heavy atom. The van der Waals surface area contributed by atoms with Crippen LogP contribution in [0.5, 0.6) is 0 Å². The molecule has 0 aliphatic heterocycles. The fourth-order valence-corrected chi connectivity index (χ4v) is 1.79. The molecule has 19 heavy (non-hydrogen) atoms. The maximum Gasteiger partial charge on any atom is 0.375 e. The number of aromatic nitrogens is 3. The molecule has 1 aromatic heterocycles. The van der Waals surface area contributed by atoms with Crippen molar-refractivity contribution >= 4 is 5.97 Å². The van der Waals surface area contributed by atoms with E-state index in [9.17, 15) is 4.79 Å². The van der Waals surface area contributed by atoms with E-state index in [1.165, 1.54) is 4.68 Å². The number of methoxy groups -OCH3 is 1. The van der Waals surface area contributed by atoms with Crippen LogP contribution in [0.25, 0.3) is 11.4 Å². The molecule has 100 valence electrons. The normalized spacial score (nSPS) is 12.4. The lowest BCUT2D eigenvalue weighted by Gasteiger charge is -2.10. The molecule has 0 aliphatic carbocycles. The molecule has 0 radical (unpaired) electrons. The first-order valence-corrected chi connectivity index (χ1v) is 5.80. The van der Waals surface area contributed by atoms with Crippen molar-refractivity contribution in [2.75, 3.05) is 7.11 Å². The molecule has 0 unspecified atom stereocenters. The van der Waals surface area contributed by atoms with Crippen molar-refractivity contribution in [2.24, 2.45) is 7.05 Å². The molecule has 1 aromatic carbocycles. The lowest BCUT2D eigenvalue weighted by molar-refractivity contribution is 0.0683. The molecule has 1 heterocycles. The molecule has 6 heteroatoms. The molecule has 0 spiro atoms. The number of aromatic carboxylic acids is 1. The number of rotatable bonds is 4. The Balaban J connectivity index is 2.44. The number of carboxylic acids is 1. The molecule has 0 aliphatic rings. The zero-order valence-electron chi connectivity index (χ0n) is 11.0. The molecule has 0 saturated heterocycles. The number of hydrogen-bond donors (Lipinski definition) is 1. The molecular weight excluding hydrogens is 246 g/mol. The Kier molecular flexibility index (Phi) is 3.62. The van der Waals surface area contributed by atoms with E-state index in [4.69, 9.17) is 9.84 Å². The van der Waals surface area contributed by atoms with Gasteiger partial charge in [0.2, 0.25) is 0 Å². The summed E-state index contributed by atoms with van der Waals surface area (Å²) in [6.45, 7) is 1.94. The maximum atomic E-state index is 10.9. The van der Waals surface area contributed by atoms with Crippen LogP contribution in [-0.4, -0.2) is 33.0 Å². The van der Waals surface area contributed by atoms with Crippen molar-refractivity contribution in [3.8, 4) is 11.4 Å². The highest BCUT2D eigenvalue weighted by Crippen LogP contribution is 2.23. The van der Waals surface area contributed by atoms with Crippen LogP contribution in [0.4, 0.5) is 0 Å². The van der Waals surface area contributed by atoms with Gasteiger partial charge < -0.3 is 9.84 Å². The molecule has 2 rings (SSSR count). The summed E-state index contributed by atoms with van der Waals surface area (Å²) < 4.78 is 6.72. The van der Waals surface area contributed by atoms with Crippen molar-refractivity contribution in [3.63, 3.8) is 0 Å². The van der Waals surface area contributed by atoms with Crippen LogP contribution in [-0.2, 0) is 11.8 Å². The van der Waals surface area contributed by atoms with Gasteiger partial charge in [-0.3, -0.25) is 0 Å². The number of ether oxygens (including phenoxy) is 1. The molecule has 2 aromatic rings. The van der Waals surface area contributed by atoms with Gasteiger partial charge in [-0.15, -0.1) is 5.10 Å². The van der Waals surface area contributed by atoms with Crippen molar-refractivity contribution in [1.82, 2.24) is 14.8 Å². The number of benzene rings is 1. The number of nitrogens with zero attached hydrogens (tertiary/aromatic N) is 3. The minimum absolute atomic E-state index is 0.0351. The highest BCUT2D eigenvalue weighted by Gasteiger charge is 2.15. The minimum Gasteiger partial charge on any atom is -0.475 e. The molecule has 6 nitrogen and oxygen atoms in total. The summed E-state index contributed by atoms with van der Waals surface area (Å²) in [7, 11) is 3.31. The van der Waals surface area contributed by atoms with Crippen molar-refractivity contribution in [3.05, 3.63) is 35.7 Å². The molecular formula is C13H15N3O3. The van der Waals surface area contributed by atoms with Gasteiger partial charge >= 0.3 is 5.97 Å². The van der Waals surface area contributed by atoms with Gasteiger partial charge in [-0.1, -0.05) is 18.2 Å². The van der Waals surface area contributed by atoms with Gasteiger partial charge in [-0.2, -0.15) is 0 Å². The smallest absolute Gasteiger partial charge is 0.375 e. The molecule has 0 amide bonds. The van der Waals surface area contributed by atoms with Crippen molar-refractivity contribution in [2.45, 2.75) is 13.0 Å². The minimum atomic E-state index is -1.14. The van der Waals surface area contributed by atoms with Crippen LogP contribution >= 0.6 is 0 Å². The third-order valence-electron chi connectivity index (χ3n) is 2.92. The van der Waals surface area contributed by atoms with Crippen molar-refractivity contribution in [1.29, 1.82) is 0 Å². The predicted octanol–water partition coefficient (Wildman–Crippen LogP) is 1.89. The summed E-state index contributed by atoms with van der Waals surface area (Å²) in [6.07, 6.45) is -0.0351. The first kappa shape index (κ1) is 13.2. The zero-order chi connectivity index (χ0) is 14.0. The van der Waals surface area contributed by atoms with Crippen LogP contribution in [0.3, 0.4) is 0 Å². The fourth-order valence-electron chi connectivity index (χ4n) is 1.79. The van der Waals surface area contributed by atoms with E-state index in [2.05, 4.69) is 10.1 Å². The predicted molar refractivity (Wildman–Crippen MR) is 68.8 cm³/mol. The molecule has 0 saturated carbocycles. The zero-order valence-corrected chi connectivity index (χ0v) is 11.0. The summed E-state index contributed by atoms with van der Waals surface area (Å²) in [5.41, 5.74) is 1.81. The largest absolute Gasteiger partial charge is 0.475 e. The van der Waals surface area contributed by atoms with Gasteiger partial charge in [0.1, 0.15) is 0 Å². The SMILES string of the molecule is CO[C@H](C)c1cccc(-c2nc(C(=O)O)nn2C)c1. The first-order valence-electron chi connectivity index (χ1n) is 5.80. The van der Waals surface area contributed by atoms with Crippen LogP contribution in [0.1, 0.15) is 29.2 Å². The highest BCUT2D eigenvalue weighted by atomic mass is 16.5. The molecule has 1 atom stereocenters. The van der Waals surface area contributed by atoms with Gasteiger partial charge in [0.25, 0.3) is 5.82 Å². The van der Waals surface area contributed by atoms with E-state index < -0.39 is 5.97 Å². The standard InChI is InChI=1S/C13H15N3O3/c1-8(19-3)9-5-4-6-10(7-9)12-14-11(13(17)18)15-16(12)2/h4-8H,1-3H3,(H,17,18)/t8-/m1/s1. The third-order valence-corrected chi connectivity index (χ3v) is 2.92. The Bertz CT molecular complexity index is 607. The Hall–Kier alpha value is -2.21. The topological polar surface area (TPSA) is 77.2 Å². The summed E-state index contributed by atoms with van der Waals surface area (Å²) in [5.74, 6) is -0.825. The molecule has 1 N–H and O–H groups in total. The summed E-state index contributed by atoms with van der Waals surface area (Å²) in [6, 6.07) is 7.62. The summed E-state index contributed by atoms with van der Waals surface area (Å²) in [4.78, 5) is 14.9. The second-order valence-corrected chi connectivity index (χ2v) is 4.19. The monoisotopic (exact) mass is 261 g/mol. The number of hydrogen-bond acceptors (Lipinski definition) is 4. The van der Waals surface area contributed by atoms with Crippen LogP contribution in [0.2, 0.25) is 0 Å². The number of carbonyl (C=O) groups is 1. The lowest BCUT2D eigenvalue weighted by Crippen LogP contribution is -2.00. The summed E-state index contributed by atoms with van der Waals surface area (Å²) in [5, 5.41) is 12.7. The second kappa shape index (κ2) is 5.19. The maximum absolute atomic E-state index is 10.9. The van der Waals surface area contributed by atoms with Gasteiger partial charge in [0.15, 0.2) is 5.82 Å². The number of carboxylic acid groups (broad SMARTS) is 1. The van der Waals surface area contributed by atoms with Gasteiger partial charge in [-0.05, 0) is 18.6 Å². The molecule has 0 fully saturated rings. The Morgan fingerprint density at radius 1 is 1.47 bits per heavy atom. The van der Waals surface area contributed by atoms with Crippen molar-refractivity contribution < 1.29 is 14.6 Å². The number of aryl methyl sites for hydroxylation is 1. The van der Waals surface area contributed by atoms with Gasteiger partial charge in [0, 0.05) is 19.7 Å². The quantitative estimate of drug-likeness (QED) is 0.909. The lowest BCUT2D eigenvalue weighted by atomic mass is 10.1. The van der Waals surface area contributed by atoms with E-state index in [0.29, 0.717) is 5.82 Å². The average Bonchev–Trinajstić information content (AvgIpc) is 2.80.